The Morgan fingerprint density at radius 2 is 1.63 bits per heavy atom. The number of hydrogen-bond donors (Lipinski definition) is 0. The molecule has 4 nitrogen and oxygen atoms in total. The molecule has 3 heterocycles. The van der Waals surface area contributed by atoms with Gasteiger partial charge in [0.05, 0.1) is 17.5 Å². The highest BCUT2D eigenvalue weighted by Crippen LogP contribution is 2.43. The molecule has 0 saturated heterocycles. The van der Waals surface area contributed by atoms with Crippen LogP contribution in [0, 0.1) is 0 Å². The summed E-state index contributed by atoms with van der Waals surface area (Å²) in [5.41, 5.74) is 5.09. The predicted octanol–water partition coefficient (Wildman–Crippen LogP) is 4.97. The topological polar surface area (TPSA) is 39.9 Å². The van der Waals surface area contributed by atoms with Crippen molar-refractivity contribution in [3.8, 4) is 22.8 Å². The van der Waals surface area contributed by atoms with Gasteiger partial charge in [0.25, 0.3) is 0 Å². The second-order valence-electron chi connectivity index (χ2n) is 6.39. The van der Waals surface area contributed by atoms with Crippen LogP contribution >= 0.6 is 0 Å². The maximum atomic E-state index is 5.96. The lowest BCUT2D eigenvalue weighted by Crippen LogP contribution is -2.07. The number of hydrogen-bond acceptors (Lipinski definition) is 3. The van der Waals surface area contributed by atoms with E-state index in [9.17, 15) is 0 Å². The van der Waals surface area contributed by atoms with E-state index in [0.717, 1.165) is 28.4 Å². The molecular weight excluding hydrogens is 334 g/mol. The minimum atomic E-state index is 0.0719. The van der Waals surface area contributed by atoms with Crippen molar-refractivity contribution in [2.24, 2.45) is 0 Å². The van der Waals surface area contributed by atoms with E-state index in [4.69, 9.17) is 9.84 Å². The highest BCUT2D eigenvalue weighted by Gasteiger charge is 2.30. The van der Waals surface area contributed by atoms with E-state index in [1.807, 2.05) is 59.4 Å². The van der Waals surface area contributed by atoms with Crippen LogP contribution < -0.4 is 4.74 Å². The zero-order valence-corrected chi connectivity index (χ0v) is 14.6. The quantitative estimate of drug-likeness (QED) is 0.523. The summed E-state index contributed by atoms with van der Waals surface area (Å²) < 4.78 is 7.83. The second-order valence-corrected chi connectivity index (χ2v) is 6.39. The summed E-state index contributed by atoms with van der Waals surface area (Å²) >= 11 is 0. The van der Waals surface area contributed by atoms with Gasteiger partial charge in [-0.1, -0.05) is 48.5 Å². The van der Waals surface area contributed by atoms with Crippen molar-refractivity contribution in [1.82, 2.24) is 14.8 Å². The van der Waals surface area contributed by atoms with Gasteiger partial charge in [0.1, 0.15) is 5.69 Å². The third kappa shape index (κ3) is 2.72. The molecule has 0 aliphatic carbocycles. The average Bonchev–Trinajstić information content (AvgIpc) is 3.15. The Hall–Kier alpha value is -3.66. The van der Waals surface area contributed by atoms with Gasteiger partial charge in [-0.25, -0.2) is 0 Å². The predicted molar refractivity (Wildman–Crippen MR) is 105 cm³/mol. The smallest absolute Gasteiger partial charge is 0.226 e. The van der Waals surface area contributed by atoms with Gasteiger partial charge in [0, 0.05) is 23.9 Å². The van der Waals surface area contributed by atoms with Crippen molar-refractivity contribution < 1.29 is 4.74 Å². The zero-order valence-electron chi connectivity index (χ0n) is 14.6. The molecule has 1 atom stereocenters. The Morgan fingerprint density at radius 3 is 2.37 bits per heavy atom. The summed E-state index contributed by atoms with van der Waals surface area (Å²) in [6.45, 7) is 0. The molecule has 5 rings (SSSR count). The standard InChI is InChI=1S/C23H17N3O/c1-3-8-17(9-4-1)20-13-15-27-23-21(20)22(18-10-7-14-24-16-18)25-26(23)19-11-5-2-6-12-19/h1-16,20H. The summed E-state index contributed by atoms with van der Waals surface area (Å²) in [5, 5.41) is 4.92. The van der Waals surface area contributed by atoms with Gasteiger partial charge in [0.15, 0.2) is 0 Å². The maximum Gasteiger partial charge on any atom is 0.226 e. The first-order chi connectivity index (χ1) is 13.4. The monoisotopic (exact) mass is 351 g/mol. The van der Waals surface area contributed by atoms with Crippen molar-refractivity contribution in [2.45, 2.75) is 5.92 Å². The SMILES string of the molecule is C1=CC(c2ccccc2)c2c(-c3cccnc3)nn(-c3ccccc3)c2O1. The number of ether oxygens (including phenoxy) is 1. The molecular formula is C23H17N3O. The van der Waals surface area contributed by atoms with E-state index in [1.54, 1.807) is 12.5 Å². The largest absolute Gasteiger partial charge is 0.447 e. The van der Waals surface area contributed by atoms with E-state index in [2.05, 4.69) is 35.3 Å². The van der Waals surface area contributed by atoms with Crippen LogP contribution in [0.3, 0.4) is 0 Å². The number of rotatable bonds is 3. The molecule has 130 valence electrons. The average molecular weight is 351 g/mol. The molecule has 0 N–H and O–H groups in total. The molecule has 2 aromatic heterocycles. The molecule has 1 unspecified atom stereocenters. The Bertz CT molecular complexity index is 1090. The zero-order chi connectivity index (χ0) is 18.1. The first-order valence-corrected chi connectivity index (χ1v) is 8.89. The van der Waals surface area contributed by atoms with E-state index >= 15 is 0 Å². The van der Waals surface area contributed by atoms with Crippen molar-refractivity contribution in [2.75, 3.05) is 0 Å². The minimum absolute atomic E-state index is 0.0719. The molecule has 0 fully saturated rings. The Balaban J connectivity index is 1.76. The maximum absolute atomic E-state index is 5.96. The van der Waals surface area contributed by atoms with Crippen molar-refractivity contribution in [3.05, 3.63) is 109 Å². The minimum Gasteiger partial charge on any atom is -0.447 e. The van der Waals surface area contributed by atoms with Crippen LogP contribution in [0.1, 0.15) is 17.0 Å². The van der Waals surface area contributed by atoms with Crippen molar-refractivity contribution in [3.63, 3.8) is 0 Å². The summed E-state index contributed by atoms with van der Waals surface area (Å²) in [5.74, 6) is 0.819. The third-order valence-electron chi connectivity index (χ3n) is 4.73. The van der Waals surface area contributed by atoms with Gasteiger partial charge in [-0.05, 0) is 35.9 Å². The molecule has 1 aliphatic rings. The number of nitrogens with zero attached hydrogens (tertiary/aromatic N) is 3. The molecule has 0 bridgehead atoms. The van der Waals surface area contributed by atoms with Crippen LogP contribution in [0.5, 0.6) is 5.88 Å². The normalized spacial score (nSPS) is 15.2. The molecule has 2 aromatic carbocycles. The summed E-state index contributed by atoms with van der Waals surface area (Å²) in [6, 6.07) is 24.4. The van der Waals surface area contributed by atoms with Crippen molar-refractivity contribution in [1.29, 1.82) is 0 Å². The molecule has 27 heavy (non-hydrogen) atoms. The number of benzene rings is 2. The van der Waals surface area contributed by atoms with Gasteiger partial charge < -0.3 is 4.74 Å². The molecule has 0 radical (unpaired) electrons. The lowest BCUT2D eigenvalue weighted by molar-refractivity contribution is 0.424. The van der Waals surface area contributed by atoms with Gasteiger partial charge in [0.2, 0.25) is 5.88 Å². The summed E-state index contributed by atoms with van der Waals surface area (Å²) in [6.07, 6.45) is 7.45. The van der Waals surface area contributed by atoms with Crippen LogP contribution in [0.15, 0.2) is 97.5 Å². The Morgan fingerprint density at radius 1 is 0.852 bits per heavy atom. The van der Waals surface area contributed by atoms with Gasteiger partial charge in [-0.3, -0.25) is 4.98 Å². The number of para-hydroxylation sites is 1. The van der Waals surface area contributed by atoms with Gasteiger partial charge in [-0.15, -0.1) is 0 Å². The van der Waals surface area contributed by atoms with Crippen molar-refractivity contribution >= 4 is 0 Å². The molecule has 4 aromatic rings. The fourth-order valence-corrected chi connectivity index (χ4v) is 3.49. The first-order valence-electron chi connectivity index (χ1n) is 8.89. The first kappa shape index (κ1) is 15.6. The van der Waals surface area contributed by atoms with Crippen LogP contribution in [-0.2, 0) is 0 Å². The van der Waals surface area contributed by atoms with E-state index in [1.165, 1.54) is 5.56 Å². The van der Waals surface area contributed by atoms with E-state index < -0.39 is 0 Å². The Kier molecular flexibility index (Phi) is 3.79. The second kappa shape index (κ2) is 6.57. The highest BCUT2D eigenvalue weighted by molar-refractivity contribution is 5.69. The molecule has 4 heteroatoms. The third-order valence-corrected chi connectivity index (χ3v) is 4.73. The van der Waals surface area contributed by atoms with E-state index in [-0.39, 0.29) is 5.92 Å². The van der Waals surface area contributed by atoms with E-state index in [0.29, 0.717) is 0 Å². The summed E-state index contributed by atoms with van der Waals surface area (Å²) in [4.78, 5) is 4.28. The van der Waals surface area contributed by atoms with Crippen LogP contribution in [0.2, 0.25) is 0 Å². The highest BCUT2D eigenvalue weighted by atomic mass is 16.5. The van der Waals surface area contributed by atoms with Gasteiger partial charge in [-0.2, -0.15) is 9.78 Å². The number of aromatic nitrogens is 3. The molecule has 0 amide bonds. The molecule has 1 aliphatic heterocycles. The number of fused-ring (bicyclic) bond motifs is 1. The van der Waals surface area contributed by atoms with Gasteiger partial charge >= 0.3 is 0 Å². The Labute approximate surface area is 157 Å². The molecule has 0 saturated carbocycles. The lowest BCUT2D eigenvalue weighted by atomic mass is 9.89. The summed E-state index contributed by atoms with van der Waals surface area (Å²) in [7, 11) is 0. The fraction of sp³-hybridized carbons (Fsp3) is 0.0435. The van der Waals surface area contributed by atoms with Crippen LogP contribution in [-0.4, -0.2) is 14.8 Å². The lowest BCUT2D eigenvalue weighted by Gasteiger charge is -2.20. The molecule has 0 spiro atoms. The number of allylic oxidation sites excluding steroid dienone is 1. The van der Waals surface area contributed by atoms with Crippen LogP contribution in [0.4, 0.5) is 0 Å². The number of pyridine rings is 1. The fourth-order valence-electron chi connectivity index (χ4n) is 3.49. The van der Waals surface area contributed by atoms with Crippen LogP contribution in [0.25, 0.3) is 16.9 Å².